The number of nitrogens with zero attached hydrogens (tertiary/aromatic N) is 1. The van der Waals surface area contributed by atoms with Crippen molar-refractivity contribution in [2.45, 2.75) is 51.6 Å². The van der Waals surface area contributed by atoms with Crippen LogP contribution in [0.3, 0.4) is 0 Å². The van der Waals surface area contributed by atoms with E-state index in [1.807, 2.05) is 6.92 Å². The highest BCUT2D eigenvalue weighted by molar-refractivity contribution is 7.91. The molecular weight excluding hydrogens is 260 g/mol. The number of hydrogen-bond donors (Lipinski definition) is 1. The van der Waals surface area contributed by atoms with Crippen LogP contribution in [-0.2, 0) is 9.84 Å². The van der Waals surface area contributed by atoms with Crippen LogP contribution in [0.5, 0.6) is 0 Å². The molecule has 0 aromatic rings. The van der Waals surface area contributed by atoms with Gasteiger partial charge < -0.3 is 5.32 Å². The zero-order chi connectivity index (χ0) is 13.9. The quantitative estimate of drug-likeness (QED) is 0.766. The Morgan fingerprint density at radius 1 is 1.21 bits per heavy atom. The van der Waals surface area contributed by atoms with E-state index in [9.17, 15) is 8.42 Å². The highest BCUT2D eigenvalue weighted by Gasteiger charge is 2.36. The van der Waals surface area contributed by atoms with Crippen LogP contribution in [0.4, 0.5) is 0 Å². The summed E-state index contributed by atoms with van der Waals surface area (Å²) in [6.07, 6.45) is 4.51. The second kappa shape index (κ2) is 6.55. The van der Waals surface area contributed by atoms with Gasteiger partial charge in [0, 0.05) is 37.5 Å². The van der Waals surface area contributed by atoms with Crippen molar-refractivity contribution >= 4 is 9.84 Å². The molecule has 4 nitrogen and oxygen atoms in total. The van der Waals surface area contributed by atoms with Crippen molar-refractivity contribution < 1.29 is 8.42 Å². The summed E-state index contributed by atoms with van der Waals surface area (Å²) in [6.45, 7) is 6.89. The van der Waals surface area contributed by atoms with Crippen molar-refractivity contribution in [3.63, 3.8) is 0 Å². The summed E-state index contributed by atoms with van der Waals surface area (Å²) in [5, 5.41) is 3.64. The molecule has 1 aliphatic carbocycles. The van der Waals surface area contributed by atoms with E-state index in [2.05, 4.69) is 17.1 Å². The van der Waals surface area contributed by atoms with Gasteiger partial charge in [-0.05, 0) is 31.6 Å². The van der Waals surface area contributed by atoms with Gasteiger partial charge in [0.25, 0.3) is 0 Å². The Labute approximate surface area is 117 Å². The monoisotopic (exact) mass is 288 g/mol. The fourth-order valence-electron chi connectivity index (χ4n) is 3.04. The van der Waals surface area contributed by atoms with Gasteiger partial charge in [-0.15, -0.1) is 0 Å². The van der Waals surface area contributed by atoms with E-state index in [0.29, 0.717) is 30.1 Å². The normalized spacial score (nSPS) is 29.6. The zero-order valence-corrected chi connectivity index (χ0v) is 13.1. The van der Waals surface area contributed by atoms with Gasteiger partial charge in [-0.1, -0.05) is 13.8 Å². The summed E-state index contributed by atoms with van der Waals surface area (Å²) in [7, 11) is -2.85. The minimum absolute atomic E-state index is 0.328. The largest absolute Gasteiger partial charge is 0.311 e. The molecule has 0 aromatic heterocycles. The molecule has 0 amide bonds. The van der Waals surface area contributed by atoms with Crippen molar-refractivity contribution in [2.75, 3.05) is 31.1 Å². The van der Waals surface area contributed by atoms with Crippen molar-refractivity contribution in [3.05, 3.63) is 0 Å². The maximum atomic E-state index is 11.9. The van der Waals surface area contributed by atoms with Crippen LogP contribution in [0.2, 0.25) is 0 Å². The van der Waals surface area contributed by atoms with Crippen LogP contribution in [0, 0.1) is 5.92 Å². The van der Waals surface area contributed by atoms with Gasteiger partial charge in [0.15, 0.2) is 9.84 Å². The van der Waals surface area contributed by atoms with E-state index in [4.69, 9.17) is 0 Å². The molecule has 112 valence electrons. The van der Waals surface area contributed by atoms with Gasteiger partial charge >= 0.3 is 0 Å². The molecule has 0 bridgehead atoms. The summed E-state index contributed by atoms with van der Waals surface area (Å²) in [5.41, 5.74) is 0. The molecule has 19 heavy (non-hydrogen) atoms. The molecule has 5 heteroatoms. The third-order valence-corrected chi connectivity index (χ3v) is 6.27. The minimum atomic E-state index is -2.85. The summed E-state index contributed by atoms with van der Waals surface area (Å²) in [6, 6.07) is 1.10. The van der Waals surface area contributed by atoms with E-state index in [1.54, 1.807) is 0 Å². The Morgan fingerprint density at radius 2 is 1.95 bits per heavy atom. The highest BCUT2D eigenvalue weighted by atomic mass is 32.2. The lowest BCUT2D eigenvalue weighted by molar-refractivity contribution is 0.126. The Balaban J connectivity index is 1.87. The van der Waals surface area contributed by atoms with E-state index >= 15 is 0 Å². The molecule has 2 rings (SSSR count). The van der Waals surface area contributed by atoms with Crippen molar-refractivity contribution in [1.82, 2.24) is 10.2 Å². The number of hydrogen-bond acceptors (Lipinski definition) is 4. The molecule has 2 atom stereocenters. The first-order valence-electron chi connectivity index (χ1n) is 7.73. The van der Waals surface area contributed by atoms with Crippen molar-refractivity contribution in [1.29, 1.82) is 0 Å². The lowest BCUT2D eigenvalue weighted by Crippen LogP contribution is -2.57. The van der Waals surface area contributed by atoms with Crippen LogP contribution in [-0.4, -0.2) is 56.5 Å². The van der Waals surface area contributed by atoms with E-state index < -0.39 is 9.84 Å². The first kappa shape index (κ1) is 15.3. The molecule has 0 radical (unpaired) electrons. The fourth-order valence-corrected chi connectivity index (χ4v) is 4.38. The van der Waals surface area contributed by atoms with Crippen LogP contribution < -0.4 is 5.32 Å². The van der Waals surface area contributed by atoms with Crippen LogP contribution in [0.1, 0.15) is 39.5 Å². The number of nitrogens with one attached hydrogen (secondary N) is 1. The summed E-state index contributed by atoms with van der Waals surface area (Å²) >= 11 is 0. The predicted octanol–water partition coefficient (Wildman–Crippen LogP) is 1.27. The van der Waals surface area contributed by atoms with Crippen LogP contribution in [0.25, 0.3) is 0 Å². The SMILES string of the molecule is CCCS(=O)(=O)CCN1CC(C2CC2)NCC1CC. The average molecular weight is 288 g/mol. The van der Waals surface area contributed by atoms with Gasteiger partial charge in [-0.2, -0.15) is 0 Å². The number of sulfone groups is 1. The molecule has 0 aromatic carbocycles. The maximum absolute atomic E-state index is 11.9. The van der Waals surface area contributed by atoms with Gasteiger partial charge in [-0.3, -0.25) is 4.90 Å². The number of rotatable bonds is 7. The van der Waals surface area contributed by atoms with Gasteiger partial charge in [0.2, 0.25) is 0 Å². The van der Waals surface area contributed by atoms with E-state index in [1.165, 1.54) is 12.8 Å². The standard InChI is InChI=1S/C14H28N2O2S/c1-3-8-19(17,18)9-7-16-11-14(12-5-6-12)15-10-13(16)4-2/h12-15H,3-11H2,1-2H3. The Kier molecular flexibility index (Phi) is 5.26. The first-order valence-corrected chi connectivity index (χ1v) is 9.55. The topological polar surface area (TPSA) is 49.4 Å². The second-order valence-corrected chi connectivity index (χ2v) is 8.36. The lowest BCUT2D eigenvalue weighted by Gasteiger charge is -2.40. The van der Waals surface area contributed by atoms with Gasteiger partial charge in [-0.25, -0.2) is 8.42 Å². The Morgan fingerprint density at radius 3 is 2.53 bits per heavy atom. The third kappa shape index (κ3) is 4.43. The van der Waals surface area contributed by atoms with E-state index in [-0.39, 0.29) is 0 Å². The third-order valence-electron chi connectivity index (χ3n) is 4.43. The molecule has 1 saturated heterocycles. The van der Waals surface area contributed by atoms with E-state index in [0.717, 1.165) is 31.8 Å². The van der Waals surface area contributed by atoms with Crippen molar-refractivity contribution in [2.24, 2.45) is 5.92 Å². The summed E-state index contributed by atoms with van der Waals surface area (Å²) < 4.78 is 23.7. The van der Waals surface area contributed by atoms with Crippen LogP contribution in [0.15, 0.2) is 0 Å². The fraction of sp³-hybridized carbons (Fsp3) is 1.00. The summed E-state index contributed by atoms with van der Waals surface area (Å²) in [5.74, 6) is 1.50. The van der Waals surface area contributed by atoms with Gasteiger partial charge in [0.05, 0.1) is 5.75 Å². The molecule has 2 aliphatic rings. The Hall–Kier alpha value is -0.130. The molecular formula is C14H28N2O2S. The average Bonchev–Trinajstić information content (AvgIpc) is 3.20. The predicted molar refractivity (Wildman–Crippen MR) is 79.1 cm³/mol. The molecule has 0 spiro atoms. The second-order valence-electron chi connectivity index (χ2n) is 6.06. The molecule has 1 aliphatic heterocycles. The molecule has 2 unspecified atom stereocenters. The summed E-state index contributed by atoms with van der Waals surface area (Å²) in [4.78, 5) is 2.41. The smallest absolute Gasteiger partial charge is 0.151 e. The van der Waals surface area contributed by atoms with Gasteiger partial charge in [0.1, 0.15) is 0 Å². The molecule has 1 N–H and O–H groups in total. The highest BCUT2D eigenvalue weighted by Crippen LogP contribution is 2.34. The number of piperazine rings is 1. The zero-order valence-electron chi connectivity index (χ0n) is 12.3. The minimum Gasteiger partial charge on any atom is -0.311 e. The Bertz CT molecular complexity index is 379. The maximum Gasteiger partial charge on any atom is 0.151 e. The molecule has 2 fully saturated rings. The lowest BCUT2D eigenvalue weighted by atomic mass is 10.0. The molecule has 1 heterocycles. The van der Waals surface area contributed by atoms with Crippen molar-refractivity contribution in [3.8, 4) is 0 Å². The van der Waals surface area contributed by atoms with Crippen LogP contribution >= 0.6 is 0 Å². The molecule has 1 saturated carbocycles. The first-order chi connectivity index (χ1) is 9.05.